The third-order valence-corrected chi connectivity index (χ3v) is 5.04. The first kappa shape index (κ1) is 16.6. The lowest BCUT2D eigenvalue weighted by atomic mass is 10.1. The van der Waals surface area contributed by atoms with Gasteiger partial charge in [-0.05, 0) is 31.2 Å². The molecule has 0 unspecified atom stereocenters. The van der Waals surface area contributed by atoms with Gasteiger partial charge in [0.05, 0.1) is 5.69 Å². The quantitative estimate of drug-likeness (QED) is 0.524. The maximum atomic E-state index is 12.2. The molecule has 0 atom stereocenters. The minimum atomic E-state index is -0.612. The van der Waals surface area contributed by atoms with Gasteiger partial charge in [0.25, 0.3) is 0 Å². The molecule has 0 aliphatic rings. The number of nitrogen functional groups attached to an aromatic ring is 1. The van der Waals surface area contributed by atoms with Crippen molar-refractivity contribution in [2.24, 2.45) is 0 Å². The minimum Gasteiger partial charge on any atom is -0.453 e. The molecule has 3 rings (SSSR count). The van der Waals surface area contributed by atoms with Crippen LogP contribution < -0.4 is 5.73 Å². The summed E-state index contributed by atoms with van der Waals surface area (Å²) in [6.07, 6.45) is 0. The van der Waals surface area contributed by atoms with Crippen molar-refractivity contribution in [3.8, 4) is 0 Å². The molecule has 0 bridgehead atoms. The zero-order valence-corrected chi connectivity index (χ0v) is 15.1. The lowest BCUT2D eigenvalue weighted by Gasteiger charge is -2.04. The van der Waals surface area contributed by atoms with Crippen molar-refractivity contribution in [1.29, 1.82) is 0 Å². The van der Waals surface area contributed by atoms with Crippen LogP contribution in [0, 0.1) is 6.92 Å². The van der Waals surface area contributed by atoms with Crippen molar-refractivity contribution in [3.05, 3.63) is 57.0 Å². The summed E-state index contributed by atoms with van der Waals surface area (Å²) in [5.41, 5.74) is 7.66. The molecule has 2 heterocycles. The highest BCUT2D eigenvalue weighted by Gasteiger charge is 2.19. The van der Waals surface area contributed by atoms with Gasteiger partial charge in [-0.15, -0.1) is 11.3 Å². The predicted molar refractivity (Wildman–Crippen MR) is 97.5 cm³/mol. The molecule has 2 aromatic heterocycles. The zero-order valence-electron chi connectivity index (χ0n) is 12.7. The maximum Gasteiger partial charge on any atom is 0.350 e. The number of halogens is 1. The number of hydrogen-bond acceptors (Lipinski definition) is 6. The Morgan fingerprint density at radius 3 is 2.62 bits per heavy atom. The molecule has 7 heteroatoms. The SMILES string of the molecule is Cc1ccc2c(N)c(C(=O)OCC(=O)c3ccc(Br)cc3)sc2n1. The van der Waals surface area contributed by atoms with Crippen LogP contribution in [0.4, 0.5) is 5.69 Å². The normalized spacial score (nSPS) is 10.8. The number of esters is 1. The zero-order chi connectivity index (χ0) is 17.3. The molecule has 0 amide bonds. The van der Waals surface area contributed by atoms with Crippen LogP contribution in [0.15, 0.2) is 40.9 Å². The van der Waals surface area contributed by atoms with Crippen LogP contribution in [0.25, 0.3) is 10.2 Å². The van der Waals surface area contributed by atoms with Gasteiger partial charge in [0, 0.05) is 21.1 Å². The van der Waals surface area contributed by atoms with Crippen molar-refractivity contribution in [2.75, 3.05) is 12.3 Å². The van der Waals surface area contributed by atoms with Crippen LogP contribution >= 0.6 is 27.3 Å². The maximum absolute atomic E-state index is 12.2. The molecule has 0 saturated heterocycles. The molecule has 0 fully saturated rings. The Labute approximate surface area is 150 Å². The number of nitrogens with zero attached hydrogens (tertiary/aromatic N) is 1. The summed E-state index contributed by atoms with van der Waals surface area (Å²) in [5, 5.41) is 0.719. The topological polar surface area (TPSA) is 82.3 Å². The fourth-order valence-corrected chi connectivity index (χ4v) is 3.45. The number of anilines is 1. The number of ether oxygens (including phenoxy) is 1. The Bertz CT molecular complexity index is 935. The smallest absolute Gasteiger partial charge is 0.350 e. The number of rotatable bonds is 4. The van der Waals surface area contributed by atoms with E-state index in [1.165, 1.54) is 11.3 Å². The van der Waals surface area contributed by atoms with E-state index in [-0.39, 0.29) is 17.3 Å². The Hall–Kier alpha value is -2.25. The van der Waals surface area contributed by atoms with Gasteiger partial charge in [0.15, 0.2) is 12.4 Å². The molecule has 0 aliphatic heterocycles. The number of aromatic nitrogens is 1. The van der Waals surface area contributed by atoms with Gasteiger partial charge in [-0.2, -0.15) is 0 Å². The van der Waals surface area contributed by atoms with Crippen molar-refractivity contribution < 1.29 is 14.3 Å². The fourth-order valence-electron chi connectivity index (χ4n) is 2.16. The minimum absolute atomic E-state index is 0.270. The summed E-state index contributed by atoms with van der Waals surface area (Å²) in [5.74, 6) is -0.886. The number of carbonyl (C=O) groups is 2. The van der Waals surface area contributed by atoms with Gasteiger partial charge in [-0.25, -0.2) is 9.78 Å². The van der Waals surface area contributed by atoms with Crippen molar-refractivity contribution in [2.45, 2.75) is 6.92 Å². The lowest BCUT2D eigenvalue weighted by Crippen LogP contribution is -2.14. The second-order valence-corrected chi connectivity index (χ2v) is 7.07. The van der Waals surface area contributed by atoms with E-state index in [1.807, 2.05) is 19.1 Å². The summed E-state index contributed by atoms with van der Waals surface area (Å²) < 4.78 is 5.99. The number of nitrogens with two attached hydrogens (primary N) is 1. The molecule has 0 spiro atoms. The Morgan fingerprint density at radius 2 is 1.92 bits per heavy atom. The first-order chi connectivity index (χ1) is 11.5. The summed E-state index contributed by atoms with van der Waals surface area (Å²) >= 11 is 4.47. The third kappa shape index (κ3) is 3.32. The van der Waals surface area contributed by atoms with Gasteiger partial charge in [-0.1, -0.05) is 28.1 Å². The van der Waals surface area contributed by atoms with Crippen LogP contribution in [0.2, 0.25) is 0 Å². The van der Waals surface area contributed by atoms with Crippen LogP contribution in [-0.2, 0) is 4.74 Å². The molecular weight excluding hydrogens is 392 g/mol. The van der Waals surface area contributed by atoms with E-state index in [1.54, 1.807) is 24.3 Å². The molecule has 122 valence electrons. The van der Waals surface area contributed by atoms with E-state index in [9.17, 15) is 9.59 Å². The first-order valence-corrected chi connectivity index (χ1v) is 8.68. The highest BCUT2D eigenvalue weighted by molar-refractivity contribution is 9.10. The Kier molecular flexibility index (Phi) is 4.64. The molecule has 0 saturated carbocycles. The van der Waals surface area contributed by atoms with Gasteiger partial charge >= 0.3 is 5.97 Å². The number of pyridine rings is 1. The standard InChI is InChI=1S/C17H13BrN2O3S/c1-9-2-7-12-14(19)15(24-16(12)20-9)17(22)23-8-13(21)10-3-5-11(18)6-4-10/h2-7H,8,19H2,1H3. The highest BCUT2D eigenvalue weighted by atomic mass is 79.9. The van der Waals surface area contributed by atoms with E-state index in [0.717, 1.165) is 15.6 Å². The number of benzene rings is 1. The molecule has 2 N–H and O–H groups in total. The molecular formula is C17H13BrN2O3S. The van der Waals surface area contributed by atoms with E-state index >= 15 is 0 Å². The number of aryl methyl sites for hydroxylation is 1. The summed E-state index contributed by atoms with van der Waals surface area (Å²) in [4.78, 5) is 29.6. The van der Waals surface area contributed by atoms with Crippen LogP contribution in [0.5, 0.6) is 0 Å². The van der Waals surface area contributed by atoms with Gasteiger partial charge in [0.2, 0.25) is 0 Å². The first-order valence-electron chi connectivity index (χ1n) is 7.07. The third-order valence-electron chi connectivity index (χ3n) is 3.42. The largest absolute Gasteiger partial charge is 0.453 e. The Morgan fingerprint density at radius 1 is 1.21 bits per heavy atom. The fraction of sp³-hybridized carbons (Fsp3) is 0.118. The molecule has 0 radical (unpaired) electrons. The van der Waals surface area contributed by atoms with Gasteiger partial charge in [0.1, 0.15) is 9.71 Å². The van der Waals surface area contributed by atoms with E-state index in [4.69, 9.17) is 10.5 Å². The lowest BCUT2D eigenvalue weighted by molar-refractivity contribution is 0.0480. The molecule has 0 aliphatic carbocycles. The predicted octanol–water partition coefficient (Wildman–Crippen LogP) is 3.99. The number of ketones is 1. The second-order valence-electron chi connectivity index (χ2n) is 5.16. The van der Waals surface area contributed by atoms with Gasteiger partial charge in [-0.3, -0.25) is 4.79 Å². The van der Waals surface area contributed by atoms with Crippen molar-refractivity contribution in [1.82, 2.24) is 4.98 Å². The number of thiophene rings is 1. The monoisotopic (exact) mass is 404 g/mol. The molecule has 24 heavy (non-hydrogen) atoms. The van der Waals surface area contributed by atoms with Crippen LogP contribution in [-0.4, -0.2) is 23.3 Å². The van der Waals surface area contributed by atoms with Crippen molar-refractivity contribution in [3.63, 3.8) is 0 Å². The summed E-state index contributed by atoms with van der Waals surface area (Å²) in [6, 6.07) is 10.5. The summed E-state index contributed by atoms with van der Waals surface area (Å²) in [7, 11) is 0. The van der Waals surface area contributed by atoms with E-state index in [0.29, 0.717) is 16.1 Å². The molecule has 3 aromatic rings. The van der Waals surface area contributed by atoms with E-state index in [2.05, 4.69) is 20.9 Å². The Balaban J connectivity index is 1.74. The van der Waals surface area contributed by atoms with E-state index < -0.39 is 5.97 Å². The number of hydrogen-bond donors (Lipinski definition) is 1. The average Bonchev–Trinajstić information content (AvgIpc) is 2.89. The number of Topliss-reactive ketones (excluding diaryl/α,β-unsaturated/α-hetero) is 1. The van der Waals surface area contributed by atoms with Crippen LogP contribution in [0.3, 0.4) is 0 Å². The number of carbonyl (C=O) groups excluding carboxylic acids is 2. The van der Waals surface area contributed by atoms with Gasteiger partial charge < -0.3 is 10.5 Å². The molecule has 1 aromatic carbocycles. The average molecular weight is 405 g/mol. The van der Waals surface area contributed by atoms with Crippen LogP contribution in [0.1, 0.15) is 25.7 Å². The molecule has 5 nitrogen and oxygen atoms in total. The number of fused-ring (bicyclic) bond motifs is 1. The second kappa shape index (κ2) is 6.70. The van der Waals surface area contributed by atoms with Crippen molar-refractivity contribution >= 4 is 54.9 Å². The highest BCUT2D eigenvalue weighted by Crippen LogP contribution is 2.33. The summed E-state index contributed by atoms with van der Waals surface area (Å²) in [6.45, 7) is 1.53.